The zero-order valence-electron chi connectivity index (χ0n) is 18.2. The predicted octanol–water partition coefficient (Wildman–Crippen LogP) is 3.03. The number of carbonyl (C=O) groups is 1. The number of aryl methyl sites for hydroxylation is 1. The van der Waals surface area contributed by atoms with Crippen molar-refractivity contribution >= 4 is 15.9 Å². The van der Waals surface area contributed by atoms with Crippen molar-refractivity contribution in [1.82, 2.24) is 14.5 Å². The highest BCUT2D eigenvalue weighted by molar-refractivity contribution is 7.89. The van der Waals surface area contributed by atoms with E-state index in [2.05, 4.69) is 10.2 Å². The lowest BCUT2D eigenvalue weighted by molar-refractivity contribution is 0.0919. The van der Waals surface area contributed by atoms with Crippen molar-refractivity contribution in [2.24, 2.45) is 0 Å². The Bertz CT molecular complexity index is 987. The molecule has 1 amide bonds. The van der Waals surface area contributed by atoms with E-state index in [-0.39, 0.29) is 11.4 Å². The van der Waals surface area contributed by atoms with Crippen molar-refractivity contribution < 1.29 is 13.2 Å². The van der Waals surface area contributed by atoms with E-state index in [0.29, 0.717) is 43.2 Å². The van der Waals surface area contributed by atoms with Crippen LogP contribution < -0.4 is 5.32 Å². The summed E-state index contributed by atoms with van der Waals surface area (Å²) in [6.07, 6.45) is 0. The standard InChI is InChI=1S/C23H31N3O3S/c1-18-8-10-21(11-9-18)30(28,29)26-14-12-25(13-15-26)17-19-6-5-7-20(16-19)22(27)24-23(2,3)4/h5-11,16H,12-15,17H2,1-4H3,(H,24,27). The summed E-state index contributed by atoms with van der Waals surface area (Å²) in [7, 11) is -3.46. The Morgan fingerprint density at radius 3 is 2.23 bits per heavy atom. The maximum Gasteiger partial charge on any atom is 0.251 e. The first-order valence-corrected chi connectivity index (χ1v) is 11.7. The Balaban J connectivity index is 1.60. The van der Waals surface area contributed by atoms with Gasteiger partial charge in [0.15, 0.2) is 0 Å². The lowest BCUT2D eigenvalue weighted by Crippen LogP contribution is -2.48. The Morgan fingerprint density at radius 1 is 1.00 bits per heavy atom. The van der Waals surface area contributed by atoms with Crippen molar-refractivity contribution in [2.75, 3.05) is 26.2 Å². The van der Waals surface area contributed by atoms with Crippen LogP contribution in [0.25, 0.3) is 0 Å². The van der Waals surface area contributed by atoms with E-state index >= 15 is 0 Å². The van der Waals surface area contributed by atoms with Crippen LogP contribution in [0.4, 0.5) is 0 Å². The molecule has 0 bridgehead atoms. The summed E-state index contributed by atoms with van der Waals surface area (Å²) in [5, 5.41) is 2.98. The average Bonchev–Trinajstić information content (AvgIpc) is 2.68. The number of nitrogens with one attached hydrogen (secondary N) is 1. The summed E-state index contributed by atoms with van der Waals surface area (Å²) < 4.78 is 27.3. The lowest BCUT2D eigenvalue weighted by Gasteiger charge is -2.34. The third-order valence-electron chi connectivity index (χ3n) is 5.07. The summed E-state index contributed by atoms with van der Waals surface area (Å²) in [4.78, 5) is 15.0. The van der Waals surface area contributed by atoms with Crippen LogP contribution in [0.1, 0.15) is 42.3 Å². The minimum absolute atomic E-state index is 0.0849. The van der Waals surface area contributed by atoms with Gasteiger partial charge < -0.3 is 5.32 Å². The monoisotopic (exact) mass is 429 g/mol. The molecule has 0 aromatic heterocycles. The maximum absolute atomic E-state index is 12.9. The van der Waals surface area contributed by atoms with E-state index in [1.165, 1.54) is 0 Å². The van der Waals surface area contributed by atoms with Crippen molar-refractivity contribution in [3.63, 3.8) is 0 Å². The molecular weight excluding hydrogens is 398 g/mol. The molecule has 30 heavy (non-hydrogen) atoms. The van der Waals surface area contributed by atoms with Gasteiger partial charge in [-0.1, -0.05) is 29.8 Å². The van der Waals surface area contributed by atoms with Gasteiger partial charge in [0.25, 0.3) is 5.91 Å². The van der Waals surface area contributed by atoms with E-state index in [1.54, 1.807) is 16.4 Å². The highest BCUT2D eigenvalue weighted by Crippen LogP contribution is 2.19. The predicted molar refractivity (Wildman–Crippen MR) is 119 cm³/mol. The van der Waals surface area contributed by atoms with Gasteiger partial charge in [-0.05, 0) is 57.5 Å². The molecule has 0 radical (unpaired) electrons. The molecule has 1 fully saturated rings. The molecule has 1 heterocycles. The minimum Gasteiger partial charge on any atom is -0.347 e. The topological polar surface area (TPSA) is 69.7 Å². The maximum atomic E-state index is 12.9. The number of rotatable bonds is 5. The van der Waals surface area contributed by atoms with E-state index in [1.807, 2.05) is 64.1 Å². The summed E-state index contributed by atoms with van der Waals surface area (Å²) in [6, 6.07) is 14.6. The van der Waals surface area contributed by atoms with E-state index < -0.39 is 10.0 Å². The lowest BCUT2D eigenvalue weighted by atomic mass is 10.1. The molecule has 6 nitrogen and oxygen atoms in total. The second-order valence-electron chi connectivity index (χ2n) is 8.90. The Kier molecular flexibility index (Phi) is 6.65. The number of hydrogen-bond acceptors (Lipinski definition) is 4. The van der Waals surface area contributed by atoms with Gasteiger partial charge >= 0.3 is 0 Å². The fourth-order valence-corrected chi connectivity index (χ4v) is 4.89. The molecule has 0 atom stereocenters. The molecule has 0 unspecified atom stereocenters. The van der Waals surface area contributed by atoms with E-state index in [0.717, 1.165) is 11.1 Å². The van der Waals surface area contributed by atoms with Crippen molar-refractivity contribution in [3.8, 4) is 0 Å². The van der Waals surface area contributed by atoms with Gasteiger partial charge in [-0.25, -0.2) is 8.42 Å². The molecule has 162 valence electrons. The minimum atomic E-state index is -3.46. The normalized spacial score (nSPS) is 16.4. The van der Waals surface area contributed by atoms with E-state index in [4.69, 9.17) is 0 Å². The SMILES string of the molecule is Cc1ccc(S(=O)(=O)N2CCN(Cc3cccc(C(=O)NC(C)(C)C)c3)CC2)cc1. The third kappa shape index (κ3) is 5.68. The Hall–Kier alpha value is -2.22. The number of benzene rings is 2. The average molecular weight is 430 g/mol. The van der Waals surface area contributed by atoms with Gasteiger partial charge in [0.1, 0.15) is 0 Å². The van der Waals surface area contributed by atoms with Crippen molar-refractivity contribution in [3.05, 3.63) is 65.2 Å². The van der Waals surface area contributed by atoms with Gasteiger partial charge in [-0.2, -0.15) is 4.31 Å². The van der Waals surface area contributed by atoms with Crippen molar-refractivity contribution in [2.45, 2.75) is 44.7 Å². The van der Waals surface area contributed by atoms with Crippen LogP contribution in [0.2, 0.25) is 0 Å². The molecule has 0 spiro atoms. The van der Waals surface area contributed by atoms with Crippen LogP contribution in [-0.2, 0) is 16.6 Å². The largest absolute Gasteiger partial charge is 0.347 e. The first-order valence-electron chi connectivity index (χ1n) is 10.3. The van der Waals surface area contributed by atoms with Gasteiger partial charge in [-0.3, -0.25) is 9.69 Å². The number of sulfonamides is 1. The molecule has 1 saturated heterocycles. The van der Waals surface area contributed by atoms with Gasteiger partial charge in [0.2, 0.25) is 10.0 Å². The zero-order chi connectivity index (χ0) is 21.9. The zero-order valence-corrected chi connectivity index (χ0v) is 19.0. The molecule has 0 aliphatic carbocycles. The highest BCUT2D eigenvalue weighted by atomic mass is 32.2. The molecule has 1 aliphatic rings. The van der Waals surface area contributed by atoms with Gasteiger partial charge in [-0.15, -0.1) is 0 Å². The second kappa shape index (κ2) is 8.88. The Morgan fingerprint density at radius 2 is 1.63 bits per heavy atom. The molecule has 0 saturated carbocycles. The first-order chi connectivity index (χ1) is 14.0. The van der Waals surface area contributed by atoms with E-state index in [9.17, 15) is 13.2 Å². The van der Waals surface area contributed by atoms with Gasteiger partial charge in [0, 0.05) is 43.8 Å². The summed E-state index contributed by atoms with van der Waals surface area (Å²) in [5.41, 5.74) is 2.44. The fraction of sp³-hybridized carbons (Fsp3) is 0.435. The first kappa shape index (κ1) is 22.5. The smallest absolute Gasteiger partial charge is 0.251 e. The number of piperazine rings is 1. The van der Waals surface area contributed by atoms with Crippen LogP contribution in [0.3, 0.4) is 0 Å². The molecule has 7 heteroatoms. The molecule has 3 rings (SSSR count). The summed E-state index contributed by atoms with van der Waals surface area (Å²) in [5.74, 6) is -0.0849. The second-order valence-corrected chi connectivity index (χ2v) is 10.8. The Labute approximate surface area is 179 Å². The third-order valence-corrected chi connectivity index (χ3v) is 6.99. The van der Waals surface area contributed by atoms with Gasteiger partial charge in [0.05, 0.1) is 4.90 Å². The van der Waals surface area contributed by atoms with Crippen LogP contribution in [0, 0.1) is 6.92 Å². The number of hydrogen-bond donors (Lipinski definition) is 1. The number of carbonyl (C=O) groups excluding carboxylic acids is 1. The quantitative estimate of drug-likeness (QED) is 0.793. The van der Waals surface area contributed by atoms with Crippen LogP contribution in [0.15, 0.2) is 53.4 Å². The highest BCUT2D eigenvalue weighted by Gasteiger charge is 2.28. The molecule has 2 aromatic carbocycles. The molecule has 1 aliphatic heterocycles. The van der Waals surface area contributed by atoms with Crippen LogP contribution in [-0.4, -0.2) is 55.2 Å². The van der Waals surface area contributed by atoms with Crippen LogP contribution in [0.5, 0.6) is 0 Å². The summed E-state index contributed by atoms with van der Waals surface area (Å²) in [6.45, 7) is 10.7. The number of nitrogens with zero attached hydrogens (tertiary/aromatic N) is 2. The molecular formula is C23H31N3O3S. The number of amides is 1. The van der Waals surface area contributed by atoms with Crippen molar-refractivity contribution in [1.29, 1.82) is 0 Å². The fourth-order valence-electron chi connectivity index (χ4n) is 3.47. The molecule has 1 N–H and O–H groups in total. The summed E-state index contributed by atoms with van der Waals surface area (Å²) >= 11 is 0. The van der Waals surface area contributed by atoms with Crippen LogP contribution >= 0.6 is 0 Å². The molecule has 2 aromatic rings.